The van der Waals surface area contributed by atoms with Crippen molar-refractivity contribution in [1.29, 1.82) is 0 Å². The highest BCUT2D eigenvalue weighted by Gasteiger charge is 2.20. The molecule has 2 rings (SSSR count). The van der Waals surface area contributed by atoms with Crippen molar-refractivity contribution < 1.29 is 9.47 Å². The third-order valence-electron chi connectivity index (χ3n) is 2.49. The monoisotopic (exact) mass is 208 g/mol. The Morgan fingerprint density at radius 1 is 1.60 bits per heavy atom. The smallest absolute Gasteiger partial charge is 0.145 e. The molecule has 2 heterocycles. The lowest BCUT2D eigenvalue weighted by Gasteiger charge is -2.26. The molecule has 0 bridgehead atoms. The van der Waals surface area contributed by atoms with Gasteiger partial charge in [-0.1, -0.05) is 6.92 Å². The molecule has 0 spiro atoms. The number of pyridine rings is 1. The van der Waals surface area contributed by atoms with Crippen LogP contribution in [0, 0.1) is 0 Å². The molecule has 2 N–H and O–H groups in total. The van der Waals surface area contributed by atoms with Gasteiger partial charge in [-0.15, -0.1) is 0 Å². The van der Waals surface area contributed by atoms with Crippen LogP contribution in [0.25, 0.3) is 0 Å². The highest BCUT2D eigenvalue weighted by molar-refractivity contribution is 5.21. The van der Waals surface area contributed by atoms with E-state index in [0.29, 0.717) is 13.2 Å². The fourth-order valence-corrected chi connectivity index (χ4v) is 1.36. The van der Waals surface area contributed by atoms with Crippen molar-refractivity contribution in [1.82, 2.24) is 4.98 Å². The maximum absolute atomic E-state index is 5.86. The highest BCUT2D eigenvalue weighted by atomic mass is 16.6. The first-order chi connectivity index (χ1) is 7.29. The molecule has 1 fully saturated rings. The first kappa shape index (κ1) is 10.4. The third-order valence-corrected chi connectivity index (χ3v) is 2.49. The minimum Gasteiger partial charge on any atom is -0.484 e. The van der Waals surface area contributed by atoms with Crippen molar-refractivity contribution in [2.75, 3.05) is 13.2 Å². The van der Waals surface area contributed by atoms with E-state index in [1.54, 1.807) is 6.20 Å². The van der Waals surface area contributed by atoms with Crippen LogP contribution in [0.4, 0.5) is 0 Å². The van der Waals surface area contributed by atoms with Crippen LogP contribution in [0.1, 0.15) is 25.1 Å². The first-order valence-electron chi connectivity index (χ1n) is 5.25. The summed E-state index contributed by atoms with van der Waals surface area (Å²) in [5.74, 6) is 0.787. The summed E-state index contributed by atoms with van der Waals surface area (Å²) < 4.78 is 10.6. The molecule has 0 aromatic carbocycles. The summed E-state index contributed by atoms with van der Waals surface area (Å²) in [4.78, 5) is 4.27. The number of nitrogens with zero attached hydrogens (tertiary/aromatic N) is 1. The Bertz CT molecular complexity index is 309. The quantitative estimate of drug-likeness (QED) is 0.809. The van der Waals surface area contributed by atoms with Crippen LogP contribution in [0.3, 0.4) is 0 Å². The van der Waals surface area contributed by atoms with Gasteiger partial charge in [-0.05, 0) is 18.6 Å². The number of hydrogen-bond acceptors (Lipinski definition) is 4. The minimum atomic E-state index is 0.0195. The molecule has 4 nitrogen and oxygen atoms in total. The number of nitrogens with two attached hydrogens (primary N) is 1. The molecule has 0 saturated carbocycles. The average molecular weight is 208 g/mol. The van der Waals surface area contributed by atoms with Gasteiger partial charge in [0, 0.05) is 6.04 Å². The molecule has 1 aromatic heterocycles. The summed E-state index contributed by atoms with van der Waals surface area (Å²) in [6, 6.07) is 3.85. The molecular formula is C11H16N2O2. The molecule has 15 heavy (non-hydrogen) atoms. The Kier molecular flexibility index (Phi) is 3.18. The molecule has 1 aromatic rings. The van der Waals surface area contributed by atoms with E-state index in [0.717, 1.165) is 17.9 Å². The Morgan fingerprint density at radius 3 is 2.87 bits per heavy atom. The van der Waals surface area contributed by atoms with Crippen LogP contribution >= 0.6 is 0 Å². The Morgan fingerprint density at radius 2 is 2.40 bits per heavy atom. The zero-order valence-electron chi connectivity index (χ0n) is 8.85. The van der Waals surface area contributed by atoms with Gasteiger partial charge in [0.15, 0.2) is 0 Å². The van der Waals surface area contributed by atoms with Crippen molar-refractivity contribution in [3.05, 3.63) is 24.0 Å². The lowest BCUT2D eigenvalue weighted by molar-refractivity contribution is -0.0798. The average Bonchev–Trinajstić information content (AvgIpc) is 2.23. The molecule has 82 valence electrons. The van der Waals surface area contributed by atoms with Gasteiger partial charge in [-0.2, -0.15) is 0 Å². The van der Waals surface area contributed by atoms with Gasteiger partial charge in [0.25, 0.3) is 0 Å². The van der Waals surface area contributed by atoms with E-state index in [1.165, 1.54) is 0 Å². The van der Waals surface area contributed by atoms with E-state index in [9.17, 15) is 0 Å². The van der Waals surface area contributed by atoms with Crippen LogP contribution < -0.4 is 10.5 Å². The number of ether oxygens (including phenoxy) is 2. The van der Waals surface area contributed by atoms with E-state index in [2.05, 4.69) is 4.98 Å². The second-order valence-electron chi connectivity index (χ2n) is 3.71. The Hall–Kier alpha value is -1.13. The summed E-state index contributed by atoms with van der Waals surface area (Å²) >= 11 is 0. The maximum Gasteiger partial charge on any atom is 0.145 e. The van der Waals surface area contributed by atoms with E-state index < -0.39 is 0 Å². The van der Waals surface area contributed by atoms with Gasteiger partial charge < -0.3 is 15.2 Å². The summed E-state index contributed by atoms with van der Waals surface area (Å²) in [5.41, 5.74) is 6.77. The van der Waals surface area contributed by atoms with Crippen molar-refractivity contribution in [3.8, 4) is 5.75 Å². The van der Waals surface area contributed by atoms with E-state index >= 15 is 0 Å². The van der Waals surface area contributed by atoms with Crippen LogP contribution in [0.15, 0.2) is 18.3 Å². The molecule has 0 aliphatic carbocycles. The van der Waals surface area contributed by atoms with Crippen molar-refractivity contribution in [2.24, 2.45) is 5.73 Å². The summed E-state index contributed by atoms with van der Waals surface area (Å²) in [6.07, 6.45) is 2.81. The molecule has 0 radical (unpaired) electrons. The standard InChI is InChI=1S/C11H16N2O2/c1-2-10(12)11-4-3-8(5-13-11)15-9-6-14-7-9/h3-5,9-10H,2,6-7,12H2,1H3. The molecule has 1 saturated heterocycles. The second-order valence-corrected chi connectivity index (χ2v) is 3.71. The fourth-order valence-electron chi connectivity index (χ4n) is 1.36. The zero-order valence-corrected chi connectivity index (χ0v) is 8.85. The second kappa shape index (κ2) is 4.59. The largest absolute Gasteiger partial charge is 0.484 e. The lowest BCUT2D eigenvalue weighted by Crippen LogP contribution is -2.38. The predicted molar refractivity (Wildman–Crippen MR) is 56.7 cm³/mol. The van der Waals surface area contributed by atoms with Crippen LogP contribution in [0.5, 0.6) is 5.75 Å². The topological polar surface area (TPSA) is 57.4 Å². The summed E-state index contributed by atoms with van der Waals surface area (Å²) in [5, 5.41) is 0. The van der Waals surface area contributed by atoms with Crippen molar-refractivity contribution in [2.45, 2.75) is 25.5 Å². The fraction of sp³-hybridized carbons (Fsp3) is 0.545. The highest BCUT2D eigenvalue weighted by Crippen LogP contribution is 2.17. The van der Waals surface area contributed by atoms with Gasteiger partial charge in [0.1, 0.15) is 11.9 Å². The number of aromatic nitrogens is 1. The van der Waals surface area contributed by atoms with Crippen LogP contribution in [0.2, 0.25) is 0 Å². The van der Waals surface area contributed by atoms with Crippen molar-refractivity contribution in [3.63, 3.8) is 0 Å². The van der Waals surface area contributed by atoms with Crippen molar-refractivity contribution >= 4 is 0 Å². The molecule has 1 unspecified atom stereocenters. The molecule has 0 amide bonds. The van der Waals surface area contributed by atoms with Gasteiger partial charge in [-0.25, -0.2) is 0 Å². The third kappa shape index (κ3) is 2.46. The maximum atomic E-state index is 5.86. The van der Waals surface area contributed by atoms with E-state index in [1.807, 2.05) is 19.1 Å². The SMILES string of the molecule is CCC(N)c1ccc(OC2COC2)cn1. The van der Waals surface area contributed by atoms with E-state index in [-0.39, 0.29) is 12.1 Å². The van der Waals surface area contributed by atoms with Crippen LogP contribution in [-0.2, 0) is 4.74 Å². The normalized spacial score (nSPS) is 18.3. The Balaban J connectivity index is 1.96. The summed E-state index contributed by atoms with van der Waals surface area (Å²) in [7, 11) is 0. The number of rotatable bonds is 4. The molecular weight excluding hydrogens is 192 g/mol. The van der Waals surface area contributed by atoms with Gasteiger partial charge in [-0.3, -0.25) is 4.98 Å². The predicted octanol–water partition coefficient (Wildman–Crippen LogP) is 1.27. The minimum absolute atomic E-state index is 0.0195. The van der Waals surface area contributed by atoms with Gasteiger partial charge >= 0.3 is 0 Å². The zero-order chi connectivity index (χ0) is 10.7. The Labute approximate surface area is 89.4 Å². The molecule has 1 aliphatic rings. The molecule has 1 atom stereocenters. The lowest BCUT2D eigenvalue weighted by atomic mass is 10.1. The van der Waals surface area contributed by atoms with Gasteiger partial charge in [0.05, 0.1) is 25.1 Å². The van der Waals surface area contributed by atoms with Gasteiger partial charge in [0.2, 0.25) is 0 Å². The van der Waals surface area contributed by atoms with Crippen LogP contribution in [-0.4, -0.2) is 24.3 Å². The number of hydrogen-bond donors (Lipinski definition) is 1. The van der Waals surface area contributed by atoms with E-state index in [4.69, 9.17) is 15.2 Å². The molecule has 1 aliphatic heterocycles. The molecule has 4 heteroatoms. The first-order valence-corrected chi connectivity index (χ1v) is 5.25. The summed E-state index contributed by atoms with van der Waals surface area (Å²) in [6.45, 7) is 3.40.